The van der Waals surface area contributed by atoms with Crippen LogP contribution in [0.25, 0.3) is 0 Å². The second-order valence-electron chi connectivity index (χ2n) is 32.8. The molecule has 0 amide bonds. The molecule has 14 nitrogen and oxygen atoms in total. The van der Waals surface area contributed by atoms with E-state index in [2.05, 4.69) is 195 Å². The second-order valence-corrected chi connectivity index (χ2v) is 36.4. The van der Waals surface area contributed by atoms with Gasteiger partial charge in [-0.2, -0.15) is 10.5 Å². The van der Waals surface area contributed by atoms with Crippen LogP contribution in [0.5, 0.6) is 34.5 Å². The summed E-state index contributed by atoms with van der Waals surface area (Å²) < 4.78 is 78.9. The summed E-state index contributed by atoms with van der Waals surface area (Å²) in [5.74, 6) is 3.90. The van der Waals surface area contributed by atoms with E-state index >= 15 is 0 Å². The summed E-state index contributed by atoms with van der Waals surface area (Å²) in [4.78, 5) is 21.8. The Morgan fingerprint density at radius 3 is 0.922 bits per heavy atom. The number of nitrogens with zero attached hydrogens (tertiary/aromatic N) is 3. The Morgan fingerprint density at radius 2 is 0.659 bits per heavy atom. The monoisotopic (exact) mass is 1930 g/mol. The van der Waals surface area contributed by atoms with Crippen molar-refractivity contribution in [1.29, 1.82) is 15.8 Å². The number of alkyl halides is 6. The zero-order valence-corrected chi connectivity index (χ0v) is 88.9. The fraction of sp³-hybridized carbons (Fsp3) is 0.369. The first-order chi connectivity index (χ1) is 60.7. The van der Waals surface area contributed by atoms with E-state index in [0.29, 0.717) is 67.6 Å². The number of carbonyl (C=O) groups is 2. The van der Waals surface area contributed by atoms with Crippen molar-refractivity contribution in [2.24, 2.45) is 0 Å². The van der Waals surface area contributed by atoms with Crippen LogP contribution in [0, 0.1) is 34.5 Å². The normalized spacial score (nSPS) is 10.2. The third-order valence-electron chi connectivity index (χ3n) is 17.1. The molecule has 0 saturated carbocycles. The minimum atomic E-state index is -1.67. The third kappa shape index (κ3) is 61.3. The minimum absolute atomic E-state index is 0. The zero-order chi connectivity index (χ0) is 99.4. The van der Waals surface area contributed by atoms with Gasteiger partial charge in [0.15, 0.2) is 12.6 Å². The maximum absolute atomic E-state index is 11.2. The van der Waals surface area contributed by atoms with Gasteiger partial charge >= 0.3 is 80.9 Å². The Bertz CT molecular complexity index is 4660. The number of hydrogen-bond donors (Lipinski definition) is 4. The van der Waals surface area contributed by atoms with Crippen LogP contribution < -0.4 is 99.9 Å². The Kier molecular flexibility index (Phi) is 75.7. The number of phenols is 2. The molecule has 10 rings (SSSR count). The molecule has 0 heterocycles. The number of halogens is 8. The molecule has 3 radical (unpaired) electrons. The Hall–Kier alpha value is -7.18. The van der Waals surface area contributed by atoms with Gasteiger partial charge in [-0.3, -0.25) is 22.8 Å². The van der Waals surface area contributed by atoms with E-state index in [1.807, 2.05) is 170 Å². The topological polar surface area (TPSA) is 240 Å². The van der Waals surface area contributed by atoms with Crippen molar-refractivity contribution >= 4 is 86.4 Å². The summed E-state index contributed by atoms with van der Waals surface area (Å²) in [6.07, 6.45) is 1.90. The van der Waals surface area contributed by atoms with Crippen molar-refractivity contribution in [2.45, 2.75) is 216 Å². The smallest absolute Gasteiger partial charge is 1.00 e. The van der Waals surface area contributed by atoms with E-state index in [1.165, 1.54) is 29.2 Å². The molecule has 129 heavy (non-hydrogen) atoms. The van der Waals surface area contributed by atoms with Gasteiger partial charge in [-0.15, -0.1) is 34.8 Å². The average Bonchev–Trinajstić information content (AvgIpc) is 0.846. The van der Waals surface area contributed by atoms with Gasteiger partial charge in [0.2, 0.25) is 9.23 Å². The first kappa shape index (κ1) is 128. The molecule has 693 valence electrons. The van der Waals surface area contributed by atoms with Crippen LogP contribution in [0.15, 0.2) is 237 Å². The number of aromatic hydroxyl groups is 2. The number of hydrogen-bond acceptors (Lipinski definition) is 14. The largest absolute Gasteiger partial charge is 1.00 e. The minimum Gasteiger partial charge on any atom is -1.00 e. The summed E-state index contributed by atoms with van der Waals surface area (Å²) in [6, 6.07) is 80.9. The molecule has 0 spiro atoms. The molecule has 10 aromatic carbocycles. The van der Waals surface area contributed by atoms with Crippen LogP contribution in [0.2, 0.25) is 0 Å². The van der Waals surface area contributed by atoms with Crippen molar-refractivity contribution in [1.82, 2.24) is 0 Å². The first-order valence-corrected chi connectivity index (χ1v) is 43.9. The summed E-state index contributed by atoms with van der Waals surface area (Å²) in [7, 11) is 4.36. The van der Waals surface area contributed by atoms with Gasteiger partial charge in [-0.25, -0.2) is 4.21 Å². The number of aldehydes is 2. The van der Waals surface area contributed by atoms with E-state index in [0.717, 1.165) is 73.6 Å². The molecule has 0 unspecified atom stereocenters. The molecular formula is C103H133BCl5F3KN3NaO11S. The molecule has 0 atom stereocenters. The number of nitriles is 2. The number of aliphatic hydroxyl groups excluding tert-OH is 2. The van der Waals surface area contributed by atoms with Crippen LogP contribution in [-0.4, -0.2) is 79.0 Å². The number of aliphatic hydroxyl groups is 2. The standard InChI is InChI=1S/C19H21NO.C18H21ClO.C18H22O2.C18H20O2.C11H14O2.C10H14O.C2H3N.C2H6O.CH2Cl2.3CH3F.CN.B.Cl2OS.K.Na.H/c1-19(2,3)17-9-10-18(16(13-17)11-12-20)21-14-15-7-5-4-6-8-15;3*1-18(2,3)16-9-10-17(15(11-16)12-19)20-13-14-7-5-4-6-8-14;1-11(2,3)9-4-5-10(13)8(6-9)7-12;1-10(2,3)8-4-6-9(11)7-5-8;2*1-2-3;2-1-3;4*1-2;;1-4(2)3;;;/h4-10,13H,11,14H2,1-3H3;4-11H,12-13H2,1-3H3;4-11,19H,12-13H2,1-3H3;4-12H,13H2,1-3H3;4-7,13H,1-3H3;4-7,11H,1-3H3;1H3;3H,2H2,1H3;1H2;3*1H3;;;;;;/q;;;;;;;;;;;;-1;;;2*+1;-1/i;;;;;;;;;3*1D;;;;;;. The molecule has 0 saturated heterocycles. The van der Waals surface area contributed by atoms with Gasteiger partial charge in [-0.1, -0.05) is 301 Å². The third-order valence-corrected chi connectivity index (χ3v) is 17.4. The Labute approximate surface area is 869 Å². The van der Waals surface area contributed by atoms with Crippen LogP contribution >= 0.6 is 56.2 Å². The zero-order valence-electron chi connectivity index (χ0n) is 83.2. The number of ether oxygens (including phenoxy) is 4. The quantitative estimate of drug-likeness (QED) is 0.0218. The van der Waals surface area contributed by atoms with Crippen LogP contribution in [0.1, 0.15) is 237 Å². The number of rotatable bonds is 17. The van der Waals surface area contributed by atoms with Crippen molar-refractivity contribution in [2.75, 3.05) is 33.4 Å². The summed E-state index contributed by atoms with van der Waals surface area (Å²) in [6.45, 7) is 48.8. The molecule has 0 aliphatic carbocycles. The van der Waals surface area contributed by atoms with Gasteiger partial charge in [0.05, 0.1) is 73.1 Å². The maximum Gasteiger partial charge on any atom is 1.00 e. The number of phenolic OH excluding ortho intramolecular Hbond substituents is 2. The fourth-order valence-corrected chi connectivity index (χ4v) is 10.5. The Balaban J connectivity index is -0.000000224. The van der Waals surface area contributed by atoms with E-state index in [9.17, 15) is 33.0 Å². The molecule has 0 bridgehead atoms. The fourth-order valence-electron chi connectivity index (χ4n) is 10.3. The van der Waals surface area contributed by atoms with Gasteiger partial charge in [0.25, 0.3) is 0 Å². The molecule has 10 aromatic rings. The Morgan fingerprint density at radius 1 is 0.434 bits per heavy atom. The summed E-state index contributed by atoms with van der Waals surface area (Å²) in [5.41, 5.74) is 15.9. The first-order valence-electron chi connectivity index (χ1n) is 41.7. The van der Waals surface area contributed by atoms with Crippen LogP contribution in [0.4, 0.5) is 13.2 Å². The number of carbonyl (C=O) groups excluding carboxylic acids is 2. The van der Waals surface area contributed by atoms with E-state index in [4.69, 9.17) is 94.6 Å². The predicted molar refractivity (Wildman–Crippen MR) is 526 cm³/mol. The SMILES string of the molecule is CC#N.CC(C)(C)c1ccc(O)c(C=O)c1.CC(C)(C)c1ccc(O)cc1.CC(C)(C)c1ccc(OCc2ccccc2)c(C=O)c1.CC(C)(C)c1ccc(OCc2ccccc2)c(CC#N)c1.CC(C)(C)c1ccc(OCc2ccccc2)c(CCl)c1.CC(C)(C)c1ccc(OCc2ccccc2)c(CO)c1.CCO.ClCCl.O=S(Cl)Cl.[2H]CF.[2H]CF.[2H]CF.[B].[C-]#N.[H-].[K+].[Na+]. The molecule has 0 aromatic heterocycles. The average molecular weight is 1930 g/mol. The van der Waals surface area contributed by atoms with Crippen molar-refractivity contribution in [3.8, 4) is 46.6 Å². The van der Waals surface area contributed by atoms with Crippen molar-refractivity contribution in [3.63, 3.8) is 0 Å². The predicted octanol–water partition coefficient (Wildman–Crippen LogP) is 22.1. The van der Waals surface area contributed by atoms with Gasteiger partial charge in [0, 0.05) is 60.0 Å². The second kappa shape index (κ2) is 76.3. The van der Waals surface area contributed by atoms with Crippen LogP contribution in [0.3, 0.4) is 0 Å². The maximum atomic E-state index is 11.2. The molecule has 0 fully saturated rings. The summed E-state index contributed by atoms with van der Waals surface area (Å²) in [5, 5.41) is 58.2. The van der Waals surface area contributed by atoms with E-state index in [-0.39, 0.29) is 148 Å². The van der Waals surface area contributed by atoms with Crippen LogP contribution in [-0.2, 0) is 87.1 Å². The van der Waals surface area contributed by atoms with Gasteiger partial charge in [-0.05, 0) is 156 Å². The van der Waals surface area contributed by atoms with Crippen molar-refractivity contribution < 1.29 is 153 Å². The molecular weight excluding hydrogens is 1790 g/mol. The van der Waals surface area contributed by atoms with Crippen molar-refractivity contribution in [3.05, 3.63) is 327 Å². The van der Waals surface area contributed by atoms with E-state index < -0.39 is 30.7 Å². The van der Waals surface area contributed by atoms with E-state index in [1.54, 1.807) is 37.3 Å². The van der Waals surface area contributed by atoms with Gasteiger partial charge < -0.3 is 52.6 Å². The van der Waals surface area contributed by atoms with Gasteiger partial charge in [0.1, 0.15) is 60.9 Å². The summed E-state index contributed by atoms with van der Waals surface area (Å²) >= 11 is 15.6. The molecule has 0 aliphatic heterocycles. The number of benzene rings is 10. The molecule has 26 heteroatoms. The molecule has 4 N–H and O–H groups in total. The molecule has 0 aliphatic rings.